The van der Waals surface area contributed by atoms with Gasteiger partial charge in [0.1, 0.15) is 11.2 Å². The first-order chi connectivity index (χ1) is 27.8. The highest BCUT2D eigenvalue weighted by molar-refractivity contribution is 6.09. The fraction of sp³-hybridized carbons (Fsp3) is 0. The maximum absolute atomic E-state index is 6.38. The molecule has 2 heteroatoms. The highest BCUT2D eigenvalue weighted by Gasteiger charge is 2.18. The van der Waals surface area contributed by atoms with Crippen LogP contribution in [0.25, 0.3) is 77.6 Å². The van der Waals surface area contributed by atoms with Crippen LogP contribution in [-0.4, -0.2) is 0 Å². The normalized spacial score (nSPS) is 11.2. The lowest BCUT2D eigenvalue weighted by molar-refractivity contribution is 0.670. The van der Waals surface area contributed by atoms with Gasteiger partial charge < -0.3 is 9.32 Å². The summed E-state index contributed by atoms with van der Waals surface area (Å²) < 4.78 is 6.38. The molecule has 56 heavy (non-hydrogen) atoms. The van der Waals surface area contributed by atoms with Crippen molar-refractivity contribution in [2.45, 2.75) is 0 Å². The first kappa shape index (κ1) is 33.2. The molecule has 0 N–H and O–H groups in total. The summed E-state index contributed by atoms with van der Waals surface area (Å²) >= 11 is 0. The van der Waals surface area contributed by atoms with Crippen LogP contribution in [-0.2, 0) is 0 Å². The third-order valence-electron chi connectivity index (χ3n) is 10.7. The van der Waals surface area contributed by atoms with E-state index in [4.69, 9.17) is 4.42 Å². The highest BCUT2D eigenvalue weighted by Crippen LogP contribution is 2.43. The van der Waals surface area contributed by atoms with Crippen molar-refractivity contribution in [1.29, 1.82) is 0 Å². The average Bonchev–Trinajstić information content (AvgIpc) is 3.67. The van der Waals surface area contributed by atoms with Gasteiger partial charge >= 0.3 is 0 Å². The van der Waals surface area contributed by atoms with Gasteiger partial charge in [0.2, 0.25) is 0 Å². The van der Waals surface area contributed by atoms with Crippen molar-refractivity contribution >= 4 is 39.0 Å². The maximum atomic E-state index is 6.38. The Balaban J connectivity index is 1.02. The summed E-state index contributed by atoms with van der Waals surface area (Å²) in [6, 6.07) is 79.9. The molecule has 1 aromatic heterocycles. The summed E-state index contributed by atoms with van der Waals surface area (Å²) in [7, 11) is 0. The molecule has 1 heterocycles. The van der Waals surface area contributed by atoms with E-state index in [-0.39, 0.29) is 0 Å². The van der Waals surface area contributed by atoms with E-state index in [1.165, 1.54) is 38.9 Å². The minimum atomic E-state index is 0.908. The van der Waals surface area contributed by atoms with Crippen molar-refractivity contribution in [2.75, 3.05) is 4.90 Å². The van der Waals surface area contributed by atoms with Gasteiger partial charge in [-0.2, -0.15) is 0 Å². The Morgan fingerprint density at radius 3 is 1.20 bits per heavy atom. The highest BCUT2D eigenvalue weighted by atomic mass is 16.3. The van der Waals surface area contributed by atoms with Gasteiger partial charge in [-0.25, -0.2) is 0 Å². The number of nitrogens with zero attached hydrogens (tertiary/aromatic N) is 1. The Bertz CT molecular complexity index is 2940. The number of para-hydroxylation sites is 3. The fourth-order valence-electron chi connectivity index (χ4n) is 8.09. The molecule has 264 valence electrons. The van der Waals surface area contributed by atoms with E-state index < -0.39 is 0 Å². The molecule has 0 atom stereocenters. The Labute approximate surface area is 327 Å². The number of hydrogen-bond donors (Lipinski definition) is 0. The second-order valence-corrected chi connectivity index (χ2v) is 14.0. The summed E-state index contributed by atoms with van der Waals surface area (Å²) in [4.78, 5) is 2.32. The largest absolute Gasteiger partial charge is 0.455 e. The summed E-state index contributed by atoms with van der Waals surface area (Å²) in [6.45, 7) is 0. The molecule has 2 nitrogen and oxygen atoms in total. The molecule has 0 aliphatic carbocycles. The lowest BCUT2D eigenvalue weighted by atomic mass is 9.87. The van der Waals surface area contributed by atoms with Gasteiger partial charge in [0, 0.05) is 33.4 Å². The van der Waals surface area contributed by atoms with Crippen molar-refractivity contribution in [1.82, 2.24) is 0 Å². The monoisotopic (exact) mass is 715 g/mol. The molecule has 0 radical (unpaired) electrons. The third-order valence-corrected chi connectivity index (χ3v) is 10.7. The minimum absolute atomic E-state index is 0.908. The molecule has 0 saturated heterocycles. The number of furan rings is 1. The Morgan fingerprint density at radius 2 is 0.625 bits per heavy atom. The smallest absolute Gasteiger partial charge is 0.143 e. The van der Waals surface area contributed by atoms with Crippen LogP contribution >= 0.6 is 0 Å². The molecule has 0 unspecified atom stereocenters. The Kier molecular flexibility index (Phi) is 8.55. The molecule has 0 spiro atoms. The number of anilines is 3. The van der Waals surface area contributed by atoms with Gasteiger partial charge in [-0.3, -0.25) is 0 Å². The maximum Gasteiger partial charge on any atom is 0.143 e. The molecule has 0 bridgehead atoms. The molecule has 0 saturated carbocycles. The van der Waals surface area contributed by atoms with E-state index in [0.717, 1.165) is 55.7 Å². The van der Waals surface area contributed by atoms with Crippen LogP contribution in [0, 0.1) is 0 Å². The van der Waals surface area contributed by atoms with Gasteiger partial charge in [-0.05, 0) is 92.5 Å². The van der Waals surface area contributed by atoms with E-state index in [1.54, 1.807) is 0 Å². The summed E-state index contributed by atoms with van der Waals surface area (Å²) in [5, 5.41) is 2.27. The van der Waals surface area contributed by atoms with Crippen molar-refractivity contribution in [3.8, 4) is 55.6 Å². The number of hydrogen-bond acceptors (Lipinski definition) is 2. The molecular formula is C54H37NO. The van der Waals surface area contributed by atoms with E-state index in [1.807, 2.05) is 12.1 Å². The number of rotatable bonds is 8. The number of fused-ring (bicyclic) bond motifs is 3. The van der Waals surface area contributed by atoms with Crippen LogP contribution in [0.15, 0.2) is 229 Å². The van der Waals surface area contributed by atoms with Crippen LogP contribution in [0.5, 0.6) is 0 Å². The average molecular weight is 716 g/mol. The predicted molar refractivity (Wildman–Crippen MR) is 236 cm³/mol. The summed E-state index contributed by atoms with van der Waals surface area (Å²) in [5.41, 5.74) is 16.9. The zero-order valence-electron chi connectivity index (χ0n) is 30.7. The van der Waals surface area contributed by atoms with E-state index >= 15 is 0 Å². The SMILES string of the molecule is c1ccc(-c2ccccc2-c2ccccc2-c2ccccc2-c2ccc(N(c3ccccc3)c3ccc(-c4cccc5c4oc4ccccc45)cc3)cc2)cc1. The lowest BCUT2D eigenvalue weighted by Crippen LogP contribution is -2.09. The minimum Gasteiger partial charge on any atom is -0.455 e. The molecule has 10 rings (SSSR count). The van der Waals surface area contributed by atoms with E-state index in [0.29, 0.717) is 0 Å². The van der Waals surface area contributed by atoms with Gasteiger partial charge in [-0.15, -0.1) is 0 Å². The van der Waals surface area contributed by atoms with Crippen molar-refractivity contribution in [3.63, 3.8) is 0 Å². The summed E-state index contributed by atoms with van der Waals surface area (Å²) in [5.74, 6) is 0. The van der Waals surface area contributed by atoms with Gasteiger partial charge in [0.15, 0.2) is 0 Å². The van der Waals surface area contributed by atoms with Crippen LogP contribution in [0.2, 0.25) is 0 Å². The second-order valence-electron chi connectivity index (χ2n) is 14.0. The zero-order chi connectivity index (χ0) is 37.3. The van der Waals surface area contributed by atoms with Crippen molar-refractivity contribution < 1.29 is 4.42 Å². The van der Waals surface area contributed by atoms with Crippen LogP contribution in [0.4, 0.5) is 17.1 Å². The van der Waals surface area contributed by atoms with Gasteiger partial charge in [0.05, 0.1) is 0 Å². The zero-order valence-corrected chi connectivity index (χ0v) is 30.7. The summed E-state index contributed by atoms with van der Waals surface area (Å²) in [6.07, 6.45) is 0. The van der Waals surface area contributed by atoms with E-state index in [9.17, 15) is 0 Å². The second kappa shape index (κ2) is 14.4. The molecule has 0 fully saturated rings. The molecule has 0 amide bonds. The third kappa shape index (κ3) is 6.04. The fourth-order valence-corrected chi connectivity index (χ4v) is 8.09. The molecule has 0 aliphatic rings. The Hall–Kier alpha value is -7.42. The molecule has 9 aromatic carbocycles. The first-order valence-corrected chi connectivity index (χ1v) is 19.1. The van der Waals surface area contributed by atoms with Crippen molar-refractivity contribution in [2.24, 2.45) is 0 Å². The number of benzene rings is 9. The van der Waals surface area contributed by atoms with E-state index in [2.05, 4.69) is 217 Å². The topological polar surface area (TPSA) is 16.4 Å². The Morgan fingerprint density at radius 1 is 0.250 bits per heavy atom. The van der Waals surface area contributed by atoms with Gasteiger partial charge in [-0.1, -0.05) is 182 Å². The quantitative estimate of drug-likeness (QED) is 0.156. The van der Waals surface area contributed by atoms with Crippen molar-refractivity contribution in [3.05, 3.63) is 224 Å². The predicted octanol–water partition coefficient (Wildman–Crippen LogP) is 15.4. The molecular weight excluding hydrogens is 679 g/mol. The van der Waals surface area contributed by atoms with Crippen LogP contribution < -0.4 is 4.90 Å². The standard InChI is InChI=1S/C54H37NO/c1-3-16-38(17-4-1)44-20-7-9-22-47(44)49-24-11-12-25-50(49)48-23-10-8-21-45(48)39-30-34-42(35-31-39)55(41-18-5-2-6-19-41)43-36-32-40(33-37-43)46-27-15-28-52-51-26-13-14-29-53(51)56-54(46)52/h1-37H. The van der Waals surface area contributed by atoms with Gasteiger partial charge in [0.25, 0.3) is 0 Å². The molecule has 0 aliphatic heterocycles. The molecule has 10 aromatic rings. The lowest BCUT2D eigenvalue weighted by Gasteiger charge is -2.26. The van der Waals surface area contributed by atoms with Crippen LogP contribution in [0.3, 0.4) is 0 Å². The van der Waals surface area contributed by atoms with Crippen LogP contribution in [0.1, 0.15) is 0 Å². The first-order valence-electron chi connectivity index (χ1n) is 19.1.